The van der Waals surface area contributed by atoms with Crippen LogP contribution in [0.2, 0.25) is 0 Å². The molecule has 0 saturated carbocycles. The molecule has 1 aromatic carbocycles. The lowest BCUT2D eigenvalue weighted by molar-refractivity contribution is 0.158. The first-order valence-corrected chi connectivity index (χ1v) is 7.88. The van der Waals surface area contributed by atoms with Gasteiger partial charge in [0.15, 0.2) is 5.82 Å². The Morgan fingerprint density at radius 3 is 2.86 bits per heavy atom. The molecule has 0 spiro atoms. The van der Waals surface area contributed by atoms with Gasteiger partial charge in [-0.15, -0.1) is 11.3 Å². The van der Waals surface area contributed by atoms with E-state index in [2.05, 4.69) is 27.3 Å². The summed E-state index contributed by atoms with van der Waals surface area (Å²) in [5, 5.41) is 16.4. The Morgan fingerprint density at radius 2 is 2.09 bits per heavy atom. The third kappa shape index (κ3) is 3.78. The molecule has 3 aromatic rings. The molecule has 6 heteroatoms. The number of aliphatic hydroxyl groups excluding tert-OH is 1. The first-order valence-electron chi connectivity index (χ1n) is 7.06. The van der Waals surface area contributed by atoms with Crippen molar-refractivity contribution in [1.29, 1.82) is 0 Å². The van der Waals surface area contributed by atoms with E-state index in [9.17, 15) is 9.50 Å². The maximum atomic E-state index is 13.2. The molecule has 0 saturated heterocycles. The van der Waals surface area contributed by atoms with Crippen molar-refractivity contribution < 1.29 is 9.50 Å². The summed E-state index contributed by atoms with van der Waals surface area (Å²) in [4.78, 5) is 6.33. The van der Waals surface area contributed by atoms with Gasteiger partial charge in [-0.2, -0.15) is 5.10 Å². The van der Waals surface area contributed by atoms with Crippen molar-refractivity contribution in [3.05, 3.63) is 69.7 Å². The van der Waals surface area contributed by atoms with Crippen LogP contribution in [0.5, 0.6) is 0 Å². The Morgan fingerprint density at radius 1 is 1.23 bits per heavy atom. The molecule has 22 heavy (non-hydrogen) atoms. The number of rotatable bonds is 6. The van der Waals surface area contributed by atoms with Crippen LogP contribution in [0.25, 0.3) is 0 Å². The summed E-state index contributed by atoms with van der Waals surface area (Å²) in [5.74, 6) is 0.223. The molecule has 0 aliphatic heterocycles. The van der Waals surface area contributed by atoms with E-state index in [0.717, 1.165) is 18.4 Å². The highest BCUT2D eigenvalue weighted by molar-refractivity contribution is 7.12. The standard InChI is InChI=1S/C16H16FN3OS/c17-12-3-1-2-11(8-12)9-14-5-4-13(22-14)6-7-15(21)16-18-10-19-20-16/h1-5,8,10,15,21H,6-7,9H2,(H,18,19,20). The quantitative estimate of drug-likeness (QED) is 0.733. The van der Waals surface area contributed by atoms with Gasteiger partial charge in [-0.25, -0.2) is 9.37 Å². The van der Waals surface area contributed by atoms with Gasteiger partial charge in [0.1, 0.15) is 18.2 Å². The summed E-state index contributed by atoms with van der Waals surface area (Å²) >= 11 is 1.69. The fraction of sp³-hybridized carbons (Fsp3) is 0.250. The summed E-state index contributed by atoms with van der Waals surface area (Å²) in [6.07, 6.45) is 2.88. The minimum Gasteiger partial charge on any atom is -0.385 e. The van der Waals surface area contributed by atoms with E-state index in [1.54, 1.807) is 23.5 Å². The van der Waals surface area contributed by atoms with Crippen LogP contribution in [0.15, 0.2) is 42.7 Å². The van der Waals surface area contributed by atoms with Gasteiger partial charge in [-0.3, -0.25) is 5.10 Å². The van der Waals surface area contributed by atoms with E-state index in [0.29, 0.717) is 12.2 Å². The van der Waals surface area contributed by atoms with E-state index in [1.807, 2.05) is 6.07 Å². The number of hydrogen-bond donors (Lipinski definition) is 2. The summed E-state index contributed by atoms with van der Waals surface area (Å²) in [5.41, 5.74) is 0.967. The van der Waals surface area contributed by atoms with Crippen molar-refractivity contribution >= 4 is 11.3 Å². The highest BCUT2D eigenvalue weighted by atomic mass is 32.1. The van der Waals surface area contributed by atoms with Gasteiger partial charge in [-0.05, 0) is 42.7 Å². The van der Waals surface area contributed by atoms with E-state index in [1.165, 1.54) is 22.1 Å². The Labute approximate surface area is 131 Å². The molecule has 2 aromatic heterocycles. The van der Waals surface area contributed by atoms with Crippen LogP contribution < -0.4 is 0 Å². The second-order valence-corrected chi connectivity index (χ2v) is 6.34. The number of halogens is 1. The van der Waals surface area contributed by atoms with Crippen molar-refractivity contribution in [1.82, 2.24) is 15.2 Å². The van der Waals surface area contributed by atoms with Crippen molar-refractivity contribution in [2.45, 2.75) is 25.4 Å². The van der Waals surface area contributed by atoms with Crippen molar-refractivity contribution in [3.63, 3.8) is 0 Å². The predicted molar refractivity (Wildman–Crippen MR) is 83.2 cm³/mol. The number of nitrogens with one attached hydrogen (secondary N) is 1. The molecular weight excluding hydrogens is 301 g/mol. The summed E-state index contributed by atoms with van der Waals surface area (Å²) < 4.78 is 13.2. The van der Waals surface area contributed by atoms with Crippen LogP contribution in [0.4, 0.5) is 4.39 Å². The second kappa shape index (κ2) is 6.81. The summed E-state index contributed by atoms with van der Waals surface area (Å²) in [6, 6.07) is 10.8. The Hall–Kier alpha value is -2.05. The van der Waals surface area contributed by atoms with Crippen LogP contribution in [0, 0.1) is 5.82 Å². The molecule has 1 atom stereocenters. The van der Waals surface area contributed by atoms with Crippen molar-refractivity contribution in [2.75, 3.05) is 0 Å². The molecule has 2 heterocycles. The van der Waals surface area contributed by atoms with Crippen LogP contribution in [-0.2, 0) is 12.8 Å². The fourth-order valence-electron chi connectivity index (χ4n) is 2.29. The Balaban J connectivity index is 1.57. The molecule has 0 aliphatic carbocycles. The maximum absolute atomic E-state index is 13.2. The number of benzene rings is 1. The van der Waals surface area contributed by atoms with Crippen LogP contribution in [0.1, 0.15) is 33.7 Å². The van der Waals surface area contributed by atoms with Crippen molar-refractivity contribution in [2.24, 2.45) is 0 Å². The molecule has 0 fully saturated rings. The Kier molecular flexibility index (Phi) is 4.60. The number of thiophene rings is 1. The van der Waals surface area contributed by atoms with Gasteiger partial charge in [0.05, 0.1) is 0 Å². The molecule has 0 radical (unpaired) electrons. The number of hydrogen-bond acceptors (Lipinski definition) is 4. The lowest BCUT2D eigenvalue weighted by Crippen LogP contribution is -2.01. The Bertz CT molecular complexity index is 727. The molecule has 1 unspecified atom stereocenters. The molecule has 0 bridgehead atoms. The number of H-pyrrole nitrogens is 1. The van der Waals surface area contributed by atoms with Crippen LogP contribution >= 0.6 is 11.3 Å². The molecular formula is C16H16FN3OS. The molecule has 0 amide bonds. The van der Waals surface area contributed by atoms with Gasteiger partial charge >= 0.3 is 0 Å². The second-order valence-electron chi connectivity index (χ2n) is 5.09. The zero-order chi connectivity index (χ0) is 15.4. The maximum Gasteiger partial charge on any atom is 0.178 e. The highest BCUT2D eigenvalue weighted by Crippen LogP contribution is 2.23. The topological polar surface area (TPSA) is 61.8 Å². The highest BCUT2D eigenvalue weighted by Gasteiger charge is 2.12. The molecule has 0 aliphatic rings. The summed E-state index contributed by atoms with van der Waals surface area (Å²) in [7, 11) is 0. The predicted octanol–water partition coefficient (Wildman–Crippen LogP) is 3.26. The van der Waals surface area contributed by atoms with Crippen LogP contribution in [0.3, 0.4) is 0 Å². The van der Waals surface area contributed by atoms with E-state index < -0.39 is 6.10 Å². The van der Waals surface area contributed by atoms with E-state index >= 15 is 0 Å². The van der Waals surface area contributed by atoms with Gasteiger partial charge in [0.2, 0.25) is 0 Å². The third-order valence-electron chi connectivity index (χ3n) is 3.38. The number of aromatic amines is 1. The average molecular weight is 317 g/mol. The lowest BCUT2D eigenvalue weighted by Gasteiger charge is -2.04. The SMILES string of the molecule is OC(CCc1ccc(Cc2cccc(F)c2)s1)c1nc[nH]n1. The monoisotopic (exact) mass is 317 g/mol. The fourth-order valence-corrected chi connectivity index (χ4v) is 3.35. The molecule has 3 rings (SSSR count). The van der Waals surface area contributed by atoms with E-state index in [-0.39, 0.29) is 5.82 Å². The number of aliphatic hydroxyl groups is 1. The first-order chi connectivity index (χ1) is 10.7. The molecule has 114 valence electrons. The van der Waals surface area contributed by atoms with Gasteiger partial charge in [-0.1, -0.05) is 12.1 Å². The van der Waals surface area contributed by atoms with Gasteiger partial charge in [0.25, 0.3) is 0 Å². The zero-order valence-corrected chi connectivity index (χ0v) is 12.7. The normalized spacial score (nSPS) is 12.5. The summed E-state index contributed by atoms with van der Waals surface area (Å²) in [6.45, 7) is 0. The lowest BCUT2D eigenvalue weighted by atomic mass is 10.1. The smallest absolute Gasteiger partial charge is 0.178 e. The van der Waals surface area contributed by atoms with E-state index in [4.69, 9.17) is 0 Å². The number of aromatic nitrogens is 3. The third-order valence-corrected chi connectivity index (χ3v) is 4.53. The number of aryl methyl sites for hydroxylation is 1. The van der Waals surface area contributed by atoms with Gasteiger partial charge in [0, 0.05) is 16.2 Å². The first kappa shape index (κ1) is 14.9. The molecule has 2 N–H and O–H groups in total. The molecule has 4 nitrogen and oxygen atoms in total. The number of nitrogens with zero attached hydrogens (tertiary/aromatic N) is 2. The van der Waals surface area contributed by atoms with Crippen molar-refractivity contribution in [3.8, 4) is 0 Å². The minimum absolute atomic E-state index is 0.205. The van der Waals surface area contributed by atoms with Crippen LogP contribution in [-0.4, -0.2) is 20.3 Å². The zero-order valence-electron chi connectivity index (χ0n) is 11.9. The largest absolute Gasteiger partial charge is 0.385 e. The van der Waals surface area contributed by atoms with Gasteiger partial charge < -0.3 is 5.11 Å². The average Bonchev–Trinajstić information content (AvgIpc) is 3.16. The minimum atomic E-state index is -0.653.